The van der Waals surface area contributed by atoms with Gasteiger partial charge in [-0.15, -0.1) is 0 Å². The van der Waals surface area contributed by atoms with Crippen molar-refractivity contribution in [1.29, 1.82) is 0 Å². The molecule has 0 aliphatic carbocycles. The fourth-order valence-corrected chi connectivity index (χ4v) is 1.84. The van der Waals surface area contributed by atoms with E-state index in [0.717, 1.165) is 11.1 Å². The first-order valence-corrected chi connectivity index (χ1v) is 6.51. The first kappa shape index (κ1) is 14.8. The number of anilines is 2. The van der Waals surface area contributed by atoms with Crippen molar-refractivity contribution in [2.45, 2.75) is 13.8 Å². The van der Waals surface area contributed by atoms with Crippen molar-refractivity contribution < 1.29 is 13.9 Å². The number of hydrogen-bond donors (Lipinski definition) is 2. The van der Waals surface area contributed by atoms with Crippen LogP contribution in [0.4, 0.5) is 15.8 Å². The third-order valence-corrected chi connectivity index (χ3v) is 3.19. The van der Waals surface area contributed by atoms with E-state index in [1.54, 1.807) is 0 Å². The first-order chi connectivity index (χ1) is 9.97. The zero-order valence-corrected chi connectivity index (χ0v) is 11.9. The predicted octanol–water partition coefficient (Wildman–Crippen LogP) is 3.04. The van der Waals surface area contributed by atoms with Gasteiger partial charge < -0.3 is 15.8 Å². The minimum atomic E-state index is -0.514. The molecule has 0 spiro atoms. The maximum atomic E-state index is 13.0. The van der Waals surface area contributed by atoms with Crippen molar-refractivity contribution in [1.82, 2.24) is 0 Å². The van der Waals surface area contributed by atoms with Gasteiger partial charge in [0, 0.05) is 5.69 Å². The Morgan fingerprint density at radius 1 is 1.29 bits per heavy atom. The predicted molar refractivity (Wildman–Crippen MR) is 80.9 cm³/mol. The maximum absolute atomic E-state index is 13.0. The van der Waals surface area contributed by atoms with E-state index < -0.39 is 5.82 Å². The number of amides is 1. The number of hydrogen-bond acceptors (Lipinski definition) is 3. The summed E-state index contributed by atoms with van der Waals surface area (Å²) in [6.45, 7) is 3.79. The molecule has 0 aliphatic rings. The van der Waals surface area contributed by atoms with E-state index in [0.29, 0.717) is 11.4 Å². The molecule has 0 aliphatic heterocycles. The third-order valence-electron chi connectivity index (χ3n) is 3.19. The number of carbonyl (C=O) groups excluding carboxylic acids is 1. The molecule has 0 saturated heterocycles. The Balaban J connectivity index is 1.96. The van der Waals surface area contributed by atoms with Gasteiger partial charge in [-0.3, -0.25) is 4.79 Å². The lowest BCUT2D eigenvalue weighted by atomic mass is 10.1. The summed E-state index contributed by atoms with van der Waals surface area (Å²) < 4.78 is 18.5. The minimum absolute atomic E-state index is 0.0109. The number of rotatable bonds is 4. The first-order valence-electron chi connectivity index (χ1n) is 6.51. The largest absolute Gasteiger partial charge is 0.483 e. The molecule has 1 amide bonds. The highest BCUT2D eigenvalue weighted by atomic mass is 19.1. The van der Waals surface area contributed by atoms with Crippen molar-refractivity contribution in [2.24, 2.45) is 0 Å². The van der Waals surface area contributed by atoms with Crippen LogP contribution in [0.3, 0.4) is 0 Å². The number of ether oxygens (including phenoxy) is 1. The van der Waals surface area contributed by atoms with Crippen LogP contribution in [0, 0.1) is 19.7 Å². The summed E-state index contributed by atoms with van der Waals surface area (Å²) in [6, 6.07) is 9.68. The van der Waals surface area contributed by atoms with Crippen LogP contribution in [0.2, 0.25) is 0 Å². The number of nitrogens with one attached hydrogen (secondary N) is 1. The summed E-state index contributed by atoms with van der Waals surface area (Å²) >= 11 is 0. The Kier molecular flexibility index (Phi) is 4.42. The van der Waals surface area contributed by atoms with E-state index >= 15 is 0 Å². The number of benzene rings is 2. The monoisotopic (exact) mass is 288 g/mol. The summed E-state index contributed by atoms with van der Waals surface area (Å²) in [5.74, 6) is -0.176. The summed E-state index contributed by atoms with van der Waals surface area (Å²) in [5, 5.41) is 2.60. The molecule has 0 fully saturated rings. The number of carbonyl (C=O) groups is 1. The lowest BCUT2D eigenvalue weighted by Gasteiger charge is -2.11. The summed E-state index contributed by atoms with van der Waals surface area (Å²) in [6.07, 6.45) is 0. The summed E-state index contributed by atoms with van der Waals surface area (Å²) in [5.41, 5.74) is 7.96. The topological polar surface area (TPSA) is 64.3 Å². The molecule has 2 rings (SSSR count). The molecule has 4 nitrogen and oxygen atoms in total. The Labute approximate surface area is 122 Å². The Morgan fingerprint density at radius 3 is 2.76 bits per heavy atom. The second-order valence-corrected chi connectivity index (χ2v) is 4.77. The molecule has 110 valence electrons. The van der Waals surface area contributed by atoms with Gasteiger partial charge in [0.2, 0.25) is 0 Å². The van der Waals surface area contributed by atoms with Gasteiger partial charge in [0.15, 0.2) is 6.61 Å². The average Bonchev–Trinajstić information content (AvgIpc) is 2.44. The number of aryl methyl sites for hydroxylation is 1. The fraction of sp³-hybridized carbons (Fsp3) is 0.188. The lowest BCUT2D eigenvalue weighted by Crippen LogP contribution is -2.20. The molecular formula is C16H17FN2O2. The highest BCUT2D eigenvalue weighted by molar-refractivity contribution is 5.92. The lowest BCUT2D eigenvalue weighted by molar-refractivity contribution is -0.118. The van der Waals surface area contributed by atoms with Gasteiger partial charge in [0.25, 0.3) is 5.91 Å². The fourth-order valence-electron chi connectivity index (χ4n) is 1.84. The summed E-state index contributed by atoms with van der Waals surface area (Å²) in [7, 11) is 0. The van der Waals surface area contributed by atoms with Crippen molar-refractivity contribution in [3.8, 4) is 5.75 Å². The van der Waals surface area contributed by atoms with Gasteiger partial charge in [-0.05, 0) is 49.2 Å². The average molecular weight is 288 g/mol. The Hall–Kier alpha value is -2.56. The van der Waals surface area contributed by atoms with Crippen molar-refractivity contribution in [2.75, 3.05) is 17.7 Å². The molecule has 2 aromatic rings. The van der Waals surface area contributed by atoms with E-state index in [1.807, 2.05) is 32.0 Å². The van der Waals surface area contributed by atoms with Gasteiger partial charge in [-0.1, -0.05) is 12.1 Å². The van der Waals surface area contributed by atoms with Gasteiger partial charge in [0.05, 0.1) is 5.69 Å². The molecule has 0 atom stereocenters. The second kappa shape index (κ2) is 6.26. The third kappa shape index (κ3) is 3.72. The van der Waals surface area contributed by atoms with Gasteiger partial charge >= 0.3 is 0 Å². The minimum Gasteiger partial charge on any atom is -0.483 e. The van der Waals surface area contributed by atoms with E-state index in [2.05, 4.69) is 5.32 Å². The molecule has 0 radical (unpaired) electrons. The van der Waals surface area contributed by atoms with Crippen LogP contribution in [0.1, 0.15) is 11.1 Å². The summed E-state index contributed by atoms with van der Waals surface area (Å²) in [4.78, 5) is 11.8. The zero-order valence-electron chi connectivity index (χ0n) is 11.9. The second-order valence-electron chi connectivity index (χ2n) is 4.77. The Morgan fingerprint density at radius 2 is 2.05 bits per heavy atom. The molecule has 0 bridgehead atoms. The number of halogens is 1. The van der Waals surface area contributed by atoms with Crippen LogP contribution >= 0.6 is 0 Å². The van der Waals surface area contributed by atoms with Gasteiger partial charge in [-0.2, -0.15) is 0 Å². The number of nitrogen functional groups attached to an aromatic ring is 1. The van der Waals surface area contributed by atoms with Crippen LogP contribution in [-0.2, 0) is 4.79 Å². The van der Waals surface area contributed by atoms with E-state index in [9.17, 15) is 9.18 Å². The number of nitrogens with two attached hydrogens (primary N) is 1. The maximum Gasteiger partial charge on any atom is 0.262 e. The van der Waals surface area contributed by atoms with Crippen LogP contribution < -0.4 is 15.8 Å². The van der Waals surface area contributed by atoms with Crippen molar-refractivity contribution in [3.05, 3.63) is 53.3 Å². The van der Waals surface area contributed by atoms with E-state index in [1.165, 1.54) is 18.2 Å². The standard InChI is InChI=1S/C16H17FN2O2/c1-10-4-3-5-15(11(10)2)21-9-16(20)19-12-6-7-13(17)14(18)8-12/h3-8H,9,18H2,1-2H3,(H,19,20). The van der Waals surface area contributed by atoms with E-state index in [-0.39, 0.29) is 18.2 Å². The molecule has 3 N–H and O–H groups in total. The van der Waals surface area contributed by atoms with Crippen LogP contribution in [0.25, 0.3) is 0 Å². The van der Waals surface area contributed by atoms with Crippen molar-refractivity contribution >= 4 is 17.3 Å². The highest BCUT2D eigenvalue weighted by Crippen LogP contribution is 2.20. The van der Waals surface area contributed by atoms with Gasteiger partial charge in [0.1, 0.15) is 11.6 Å². The zero-order chi connectivity index (χ0) is 15.4. The molecule has 0 aromatic heterocycles. The highest BCUT2D eigenvalue weighted by Gasteiger charge is 2.07. The molecule has 2 aromatic carbocycles. The molecule has 5 heteroatoms. The molecule has 0 heterocycles. The van der Waals surface area contributed by atoms with Crippen molar-refractivity contribution in [3.63, 3.8) is 0 Å². The molecule has 21 heavy (non-hydrogen) atoms. The van der Waals surface area contributed by atoms with E-state index in [4.69, 9.17) is 10.5 Å². The Bertz CT molecular complexity index is 671. The quantitative estimate of drug-likeness (QED) is 0.850. The molecule has 0 saturated carbocycles. The van der Waals surface area contributed by atoms with Crippen LogP contribution in [-0.4, -0.2) is 12.5 Å². The van der Waals surface area contributed by atoms with Gasteiger partial charge in [-0.25, -0.2) is 4.39 Å². The SMILES string of the molecule is Cc1cccc(OCC(=O)Nc2ccc(F)c(N)c2)c1C. The molecular weight excluding hydrogens is 271 g/mol. The van der Waals surface area contributed by atoms with Crippen LogP contribution in [0.15, 0.2) is 36.4 Å². The normalized spacial score (nSPS) is 10.2. The van der Waals surface area contributed by atoms with Crippen LogP contribution in [0.5, 0.6) is 5.75 Å². The smallest absolute Gasteiger partial charge is 0.262 e. The molecule has 0 unspecified atom stereocenters.